The van der Waals surface area contributed by atoms with E-state index in [2.05, 4.69) is 20.5 Å². The Morgan fingerprint density at radius 3 is 3.00 bits per heavy atom. The Kier molecular flexibility index (Phi) is 3.24. The van der Waals surface area contributed by atoms with Crippen LogP contribution in [0.15, 0.2) is 29.2 Å². The Balaban J connectivity index is 2.35. The molecule has 1 heterocycles. The van der Waals surface area contributed by atoms with Crippen LogP contribution in [-0.4, -0.2) is 22.3 Å². The summed E-state index contributed by atoms with van der Waals surface area (Å²) in [5, 5.41) is 9.25. The summed E-state index contributed by atoms with van der Waals surface area (Å²) in [5.41, 5.74) is 0.0795. The number of anilines is 2. The highest BCUT2D eigenvalue weighted by Gasteiger charge is 2.05. The summed E-state index contributed by atoms with van der Waals surface area (Å²) >= 11 is 5.87. The minimum atomic E-state index is -0.531. The fourth-order valence-corrected chi connectivity index (χ4v) is 1.46. The average Bonchev–Trinajstić information content (AvgIpc) is 2.29. The molecule has 2 N–H and O–H groups in total. The minimum Gasteiger partial charge on any atom is -0.495 e. The van der Waals surface area contributed by atoms with Gasteiger partial charge >= 0.3 is 5.69 Å². The minimum absolute atomic E-state index is 0.314. The first-order valence-corrected chi connectivity index (χ1v) is 5.09. The van der Waals surface area contributed by atoms with Crippen molar-refractivity contribution >= 4 is 23.1 Å². The molecule has 0 fully saturated rings. The van der Waals surface area contributed by atoms with Crippen LogP contribution in [-0.2, 0) is 0 Å². The van der Waals surface area contributed by atoms with Crippen LogP contribution < -0.4 is 15.7 Å². The van der Waals surface area contributed by atoms with E-state index in [-0.39, 0.29) is 0 Å². The number of rotatable bonds is 3. The first-order chi connectivity index (χ1) is 8.19. The Morgan fingerprint density at radius 2 is 2.29 bits per heavy atom. The summed E-state index contributed by atoms with van der Waals surface area (Å²) in [7, 11) is 1.54. The lowest BCUT2D eigenvalue weighted by atomic mass is 10.3. The lowest BCUT2D eigenvalue weighted by Crippen LogP contribution is -2.13. The third kappa shape index (κ3) is 2.73. The molecule has 0 saturated carbocycles. The van der Waals surface area contributed by atoms with Crippen molar-refractivity contribution in [1.82, 2.24) is 15.2 Å². The van der Waals surface area contributed by atoms with Crippen LogP contribution in [0.4, 0.5) is 11.5 Å². The lowest BCUT2D eigenvalue weighted by molar-refractivity contribution is 0.417. The third-order valence-corrected chi connectivity index (χ3v) is 2.23. The zero-order chi connectivity index (χ0) is 12.3. The number of hydrogen-bond acceptors (Lipinski definition) is 5. The summed E-state index contributed by atoms with van der Waals surface area (Å²) < 4.78 is 5.15. The SMILES string of the molecule is COc1ccc(Cl)cc1Nc1cn[nH]c(=O)n1. The normalized spacial score (nSPS) is 10.0. The zero-order valence-electron chi connectivity index (χ0n) is 8.90. The highest BCUT2D eigenvalue weighted by molar-refractivity contribution is 6.30. The maximum Gasteiger partial charge on any atom is 0.363 e. The smallest absolute Gasteiger partial charge is 0.363 e. The van der Waals surface area contributed by atoms with Crippen LogP contribution in [0.1, 0.15) is 0 Å². The average molecular weight is 253 g/mol. The van der Waals surface area contributed by atoms with Gasteiger partial charge in [0, 0.05) is 5.02 Å². The van der Waals surface area contributed by atoms with Gasteiger partial charge in [0.2, 0.25) is 0 Å². The molecule has 0 amide bonds. The molecule has 0 radical (unpaired) electrons. The van der Waals surface area contributed by atoms with Crippen LogP contribution in [0, 0.1) is 0 Å². The zero-order valence-corrected chi connectivity index (χ0v) is 9.65. The van der Waals surface area contributed by atoms with E-state index in [9.17, 15) is 4.79 Å². The maximum atomic E-state index is 11.0. The third-order valence-electron chi connectivity index (χ3n) is 1.99. The van der Waals surface area contributed by atoms with E-state index in [1.54, 1.807) is 18.2 Å². The fourth-order valence-electron chi connectivity index (χ4n) is 1.29. The second-order valence-electron chi connectivity index (χ2n) is 3.14. The Labute approximate surface area is 102 Å². The van der Waals surface area contributed by atoms with Crippen molar-refractivity contribution in [2.45, 2.75) is 0 Å². The number of hydrogen-bond donors (Lipinski definition) is 2. The lowest BCUT2D eigenvalue weighted by Gasteiger charge is -2.09. The van der Waals surface area contributed by atoms with Gasteiger partial charge in [0.05, 0.1) is 19.0 Å². The number of aromatic nitrogens is 3. The molecule has 0 aliphatic heterocycles. The predicted octanol–water partition coefficient (Wildman–Crippen LogP) is 1.57. The first kappa shape index (κ1) is 11.4. The van der Waals surface area contributed by atoms with Gasteiger partial charge in [-0.25, -0.2) is 9.89 Å². The molecule has 0 aliphatic carbocycles. The van der Waals surface area contributed by atoms with Crippen LogP contribution in [0.2, 0.25) is 5.02 Å². The summed E-state index contributed by atoms with van der Waals surface area (Å²) in [6, 6.07) is 5.09. The molecule has 0 unspecified atom stereocenters. The predicted molar refractivity (Wildman–Crippen MR) is 63.9 cm³/mol. The van der Waals surface area contributed by atoms with Crippen molar-refractivity contribution in [3.05, 3.63) is 39.9 Å². The van der Waals surface area contributed by atoms with Crippen molar-refractivity contribution in [2.24, 2.45) is 0 Å². The largest absolute Gasteiger partial charge is 0.495 e. The number of aromatic amines is 1. The van der Waals surface area contributed by atoms with Gasteiger partial charge < -0.3 is 10.1 Å². The molecule has 1 aromatic carbocycles. The molecule has 6 nitrogen and oxygen atoms in total. The Hall–Kier alpha value is -2.08. The maximum absolute atomic E-state index is 11.0. The number of nitrogens with zero attached hydrogens (tertiary/aromatic N) is 2. The van der Waals surface area contributed by atoms with Crippen molar-refractivity contribution in [3.8, 4) is 5.75 Å². The number of ether oxygens (including phenoxy) is 1. The van der Waals surface area contributed by atoms with Crippen molar-refractivity contribution in [3.63, 3.8) is 0 Å². The summed E-state index contributed by atoms with van der Waals surface area (Å²) in [5.74, 6) is 0.908. The van der Waals surface area contributed by atoms with E-state index >= 15 is 0 Å². The van der Waals surface area contributed by atoms with E-state index in [0.717, 1.165) is 0 Å². The van der Waals surface area contributed by atoms with E-state index in [1.165, 1.54) is 13.3 Å². The molecule has 0 atom stereocenters. The molecule has 7 heteroatoms. The highest BCUT2D eigenvalue weighted by atomic mass is 35.5. The standard InChI is InChI=1S/C10H9ClN4O2/c1-17-8-3-2-6(11)4-7(8)13-9-5-12-15-10(16)14-9/h2-5H,1H3,(H2,13,14,15,16). The summed E-state index contributed by atoms with van der Waals surface area (Å²) in [6.07, 6.45) is 1.39. The van der Waals surface area contributed by atoms with E-state index in [1.807, 2.05) is 0 Å². The number of benzene rings is 1. The van der Waals surface area contributed by atoms with Gasteiger partial charge in [0.25, 0.3) is 0 Å². The van der Waals surface area contributed by atoms with Gasteiger partial charge in [0.15, 0.2) is 5.82 Å². The molecule has 0 aliphatic rings. The van der Waals surface area contributed by atoms with Gasteiger partial charge in [-0.05, 0) is 18.2 Å². The molecule has 1 aromatic heterocycles. The second-order valence-corrected chi connectivity index (χ2v) is 3.58. The monoisotopic (exact) mass is 252 g/mol. The molecule has 17 heavy (non-hydrogen) atoms. The Bertz CT molecular complexity index is 585. The Morgan fingerprint density at radius 1 is 1.47 bits per heavy atom. The van der Waals surface area contributed by atoms with Crippen LogP contribution in [0.5, 0.6) is 5.75 Å². The van der Waals surface area contributed by atoms with Gasteiger partial charge in [-0.3, -0.25) is 0 Å². The number of H-pyrrole nitrogens is 1. The molecule has 2 rings (SSSR count). The van der Waals surface area contributed by atoms with E-state index in [0.29, 0.717) is 22.3 Å². The summed E-state index contributed by atoms with van der Waals surface area (Å²) in [4.78, 5) is 14.7. The number of halogens is 1. The van der Waals surface area contributed by atoms with Crippen LogP contribution in [0.3, 0.4) is 0 Å². The van der Waals surface area contributed by atoms with Crippen molar-refractivity contribution < 1.29 is 4.74 Å². The molecule has 0 bridgehead atoms. The van der Waals surface area contributed by atoms with Crippen LogP contribution in [0.25, 0.3) is 0 Å². The topological polar surface area (TPSA) is 79.9 Å². The van der Waals surface area contributed by atoms with Gasteiger partial charge in [-0.15, -0.1) is 0 Å². The van der Waals surface area contributed by atoms with E-state index in [4.69, 9.17) is 16.3 Å². The number of methoxy groups -OCH3 is 1. The molecule has 2 aromatic rings. The first-order valence-electron chi connectivity index (χ1n) is 4.71. The molecule has 0 saturated heterocycles. The fraction of sp³-hybridized carbons (Fsp3) is 0.100. The van der Waals surface area contributed by atoms with E-state index < -0.39 is 5.69 Å². The quantitative estimate of drug-likeness (QED) is 0.867. The van der Waals surface area contributed by atoms with Gasteiger partial charge in [0.1, 0.15) is 5.75 Å². The second kappa shape index (κ2) is 4.84. The van der Waals surface area contributed by atoms with Crippen LogP contribution >= 0.6 is 11.6 Å². The van der Waals surface area contributed by atoms with Gasteiger partial charge in [-0.1, -0.05) is 11.6 Å². The highest BCUT2D eigenvalue weighted by Crippen LogP contribution is 2.29. The number of nitrogens with one attached hydrogen (secondary N) is 2. The molecular formula is C10H9ClN4O2. The molecule has 88 valence electrons. The van der Waals surface area contributed by atoms with Crippen molar-refractivity contribution in [2.75, 3.05) is 12.4 Å². The van der Waals surface area contributed by atoms with Gasteiger partial charge in [-0.2, -0.15) is 10.1 Å². The van der Waals surface area contributed by atoms with Crippen molar-refractivity contribution in [1.29, 1.82) is 0 Å². The molecule has 0 spiro atoms. The summed E-state index contributed by atoms with van der Waals surface area (Å²) in [6.45, 7) is 0. The molecular weight excluding hydrogens is 244 g/mol.